The maximum absolute atomic E-state index is 5.54. The number of halogens is 1. The molecule has 0 spiro atoms. The first-order valence-electron chi connectivity index (χ1n) is 5.39. The fourth-order valence-electron chi connectivity index (χ4n) is 1.67. The predicted molar refractivity (Wildman–Crippen MR) is 66.0 cm³/mol. The van der Waals surface area contributed by atoms with E-state index in [4.69, 9.17) is 5.73 Å². The molecule has 0 atom stereocenters. The summed E-state index contributed by atoms with van der Waals surface area (Å²) in [6.07, 6.45) is 5.48. The van der Waals surface area contributed by atoms with Crippen molar-refractivity contribution in [2.45, 2.75) is 25.3 Å². The van der Waals surface area contributed by atoms with Crippen LogP contribution >= 0.6 is 15.9 Å². The smallest absolute Gasteiger partial charge is 0.128 e. The van der Waals surface area contributed by atoms with Gasteiger partial charge >= 0.3 is 0 Å². The van der Waals surface area contributed by atoms with E-state index in [0.29, 0.717) is 6.04 Å². The monoisotopic (exact) mass is 269 g/mol. The minimum atomic E-state index is 0.699. The quantitative estimate of drug-likeness (QED) is 0.891. The molecule has 0 saturated heterocycles. The largest absolute Gasteiger partial charge is 0.354 e. The first-order chi connectivity index (χ1) is 7.31. The van der Waals surface area contributed by atoms with E-state index >= 15 is 0 Å². The summed E-state index contributed by atoms with van der Waals surface area (Å²) in [7, 11) is 0. The molecule has 3 nitrogen and oxygen atoms in total. The van der Waals surface area contributed by atoms with E-state index in [9.17, 15) is 0 Å². The van der Waals surface area contributed by atoms with Crippen molar-refractivity contribution in [2.75, 3.05) is 18.0 Å². The van der Waals surface area contributed by atoms with E-state index in [2.05, 4.69) is 31.9 Å². The summed E-state index contributed by atoms with van der Waals surface area (Å²) >= 11 is 3.40. The molecule has 1 aromatic heterocycles. The van der Waals surface area contributed by atoms with Crippen LogP contribution < -0.4 is 10.6 Å². The van der Waals surface area contributed by atoms with E-state index in [0.717, 1.165) is 29.8 Å². The summed E-state index contributed by atoms with van der Waals surface area (Å²) in [6, 6.07) is 4.81. The SMILES string of the molecule is NCCCN(c1ccc(Br)cn1)C1CC1. The molecule has 82 valence electrons. The first-order valence-corrected chi connectivity index (χ1v) is 6.19. The van der Waals surface area contributed by atoms with Gasteiger partial charge in [-0.3, -0.25) is 0 Å². The second-order valence-corrected chi connectivity index (χ2v) is 4.82. The third kappa shape index (κ3) is 2.92. The van der Waals surface area contributed by atoms with Crippen LogP contribution in [0.5, 0.6) is 0 Å². The van der Waals surface area contributed by atoms with Crippen molar-refractivity contribution >= 4 is 21.7 Å². The van der Waals surface area contributed by atoms with Crippen LogP contribution in [0.1, 0.15) is 19.3 Å². The predicted octanol–water partition coefficient (Wildman–Crippen LogP) is 2.16. The van der Waals surface area contributed by atoms with Crippen molar-refractivity contribution in [3.8, 4) is 0 Å². The fraction of sp³-hybridized carbons (Fsp3) is 0.545. The Morgan fingerprint density at radius 1 is 1.47 bits per heavy atom. The molecule has 1 fully saturated rings. The molecule has 1 heterocycles. The van der Waals surface area contributed by atoms with Crippen LogP contribution in [0.4, 0.5) is 5.82 Å². The Hall–Kier alpha value is -0.610. The lowest BCUT2D eigenvalue weighted by atomic mass is 10.3. The normalized spacial score (nSPS) is 15.3. The third-order valence-electron chi connectivity index (χ3n) is 2.60. The Bertz CT molecular complexity index is 308. The molecule has 0 amide bonds. The van der Waals surface area contributed by atoms with Crippen LogP contribution in [-0.4, -0.2) is 24.1 Å². The van der Waals surface area contributed by atoms with Crippen LogP contribution in [0, 0.1) is 0 Å². The van der Waals surface area contributed by atoms with Crippen molar-refractivity contribution in [2.24, 2.45) is 5.73 Å². The maximum Gasteiger partial charge on any atom is 0.128 e. The maximum atomic E-state index is 5.54. The van der Waals surface area contributed by atoms with Crippen LogP contribution in [-0.2, 0) is 0 Å². The zero-order valence-electron chi connectivity index (χ0n) is 8.69. The summed E-state index contributed by atoms with van der Waals surface area (Å²) in [5.74, 6) is 1.08. The number of nitrogens with zero attached hydrogens (tertiary/aromatic N) is 2. The molecule has 0 bridgehead atoms. The van der Waals surface area contributed by atoms with Crippen molar-refractivity contribution in [1.82, 2.24) is 4.98 Å². The van der Waals surface area contributed by atoms with E-state index in [1.54, 1.807) is 0 Å². The lowest BCUT2D eigenvalue weighted by molar-refractivity contribution is 0.722. The van der Waals surface area contributed by atoms with Gasteiger partial charge in [-0.05, 0) is 53.9 Å². The minimum Gasteiger partial charge on any atom is -0.354 e. The zero-order chi connectivity index (χ0) is 10.7. The second-order valence-electron chi connectivity index (χ2n) is 3.90. The fourth-order valence-corrected chi connectivity index (χ4v) is 1.90. The average Bonchev–Trinajstić information content (AvgIpc) is 3.05. The molecular weight excluding hydrogens is 254 g/mol. The highest BCUT2D eigenvalue weighted by molar-refractivity contribution is 9.10. The number of hydrogen-bond acceptors (Lipinski definition) is 3. The zero-order valence-corrected chi connectivity index (χ0v) is 10.3. The summed E-state index contributed by atoms with van der Waals surface area (Å²) in [6.45, 7) is 1.77. The van der Waals surface area contributed by atoms with Crippen molar-refractivity contribution < 1.29 is 0 Å². The van der Waals surface area contributed by atoms with E-state index in [1.165, 1.54) is 12.8 Å². The topological polar surface area (TPSA) is 42.1 Å². The number of anilines is 1. The number of rotatable bonds is 5. The molecule has 1 aromatic rings. The van der Waals surface area contributed by atoms with E-state index in [1.807, 2.05) is 12.3 Å². The van der Waals surface area contributed by atoms with Gasteiger partial charge in [-0.25, -0.2) is 4.98 Å². The molecular formula is C11H16BrN3. The van der Waals surface area contributed by atoms with Crippen LogP contribution in [0.3, 0.4) is 0 Å². The van der Waals surface area contributed by atoms with Gasteiger partial charge in [-0.2, -0.15) is 0 Å². The van der Waals surface area contributed by atoms with Gasteiger partial charge in [0.25, 0.3) is 0 Å². The highest BCUT2D eigenvalue weighted by atomic mass is 79.9. The number of aromatic nitrogens is 1. The van der Waals surface area contributed by atoms with Crippen LogP contribution in [0.15, 0.2) is 22.8 Å². The number of nitrogens with two attached hydrogens (primary N) is 1. The Labute approximate surface area is 98.8 Å². The summed E-state index contributed by atoms with van der Waals surface area (Å²) in [5, 5.41) is 0. The molecule has 0 aromatic carbocycles. The van der Waals surface area contributed by atoms with Gasteiger partial charge in [0.1, 0.15) is 5.82 Å². The Morgan fingerprint density at radius 3 is 2.80 bits per heavy atom. The Balaban J connectivity index is 2.06. The molecule has 0 aliphatic heterocycles. The van der Waals surface area contributed by atoms with Gasteiger partial charge in [-0.1, -0.05) is 0 Å². The molecule has 2 N–H and O–H groups in total. The third-order valence-corrected chi connectivity index (χ3v) is 3.07. The summed E-state index contributed by atoms with van der Waals surface area (Å²) < 4.78 is 1.03. The highest BCUT2D eigenvalue weighted by Gasteiger charge is 2.29. The van der Waals surface area contributed by atoms with Gasteiger partial charge in [0.15, 0.2) is 0 Å². The minimum absolute atomic E-state index is 0.699. The summed E-state index contributed by atoms with van der Waals surface area (Å²) in [4.78, 5) is 6.81. The van der Waals surface area contributed by atoms with Gasteiger partial charge in [-0.15, -0.1) is 0 Å². The number of hydrogen-bond donors (Lipinski definition) is 1. The van der Waals surface area contributed by atoms with Crippen LogP contribution in [0.2, 0.25) is 0 Å². The van der Waals surface area contributed by atoms with Gasteiger partial charge in [0.2, 0.25) is 0 Å². The van der Waals surface area contributed by atoms with Gasteiger partial charge in [0, 0.05) is 23.3 Å². The molecule has 15 heavy (non-hydrogen) atoms. The number of pyridine rings is 1. The average molecular weight is 270 g/mol. The second kappa shape index (κ2) is 4.94. The lowest BCUT2D eigenvalue weighted by Crippen LogP contribution is -2.29. The van der Waals surface area contributed by atoms with Crippen molar-refractivity contribution in [3.63, 3.8) is 0 Å². The Kier molecular flexibility index (Phi) is 3.59. The molecule has 1 saturated carbocycles. The molecule has 0 unspecified atom stereocenters. The van der Waals surface area contributed by atoms with E-state index in [-0.39, 0.29) is 0 Å². The van der Waals surface area contributed by atoms with Gasteiger partial charge < -0.3 is 10.6 Å². The Morgan fingerprint density at radius 2 is 2.27 bits per heavy atom. The van der Waals surface area contributed by atoms with Crippen molar-refractivity contribution in [3.05, 3.63) is 22.8 Å². The molecule has 0 radical (unpaired) electrons. The molecule has 1 aliphatic rings. The van der Waals surface area contributed by atoms with Crippen molar-refractivity contribution in [1.29, 1.82) is 0 Å². The van der Waals surface area contributed by atoms with Gasteiger partial charge in [0.05, 0.1) is 0 Å². The summed E-state index contributed by atoms with van der Waals surface area (Å²) in [5.41, 5.74) is 5.54. The van der Waals surface area contributed by atoms with E-state index < -0.39 is 0 Å². The lowest BCUT2D eigenvalue weighted by Gasteiger charge is -2.23. The standard InChI is InChI=1S/C11H16BrN3/c12-9-2-5-11(14-8-9)15(7-1-6-13)10-3-4-10/h2,5,8,10H,1,3-4,6-7,13H2. The first kappa shape index (κ1) is 10.9. The highest BCUT2D eigenvalue weighted by Crippen LogP contribution is 2.30. The molecule has 2 rings (SSSR count). The van der Waals surface area contributed by atoms with Crippen LogP contribution in [0.25, 0.3) is 0 Å². The molecule has 4 heteroatoms. The molecule has 1 aliphatic carbocycles.